The fourth-order valence-electron chi connectivity index (χ4n) is 2.15. The van der Waals surface area contributed by atoms with Crippen molar-refractivity contribution in [1.82, 2.24) is 9.88 Å². The maximum Gasteiger partial charge on any atom is 0.248 e. The second-order valence-electron chi connectivity index (χ2n) is 4.21. The van der Waals surface area contributed by atoms with Gasteiger partial charge in [-0.2, -0.15) is 0 Å². The van der Waals surface area contributed by atoms with E-state index in [-0.39, 0.29) is 5.91 Å². The van der Waals surface area contributed by atoms with Gasteiger partial charge in [-0.25, -0.2) is 0 Å². The van der Waals surface area contributed by atoms with Crippen molar-refractivity contribution in [1.29, 1.82) is 0 Å². The molecule has 1 aliphatic rings. The first-order valence-corrected chi connectivity index (χ1v) is 6.08. The summed E-state index contributed by atoms with van der Waals surface area (Å²) in [6.45, 7) is 0.979. The Balaban J connectivity index is 1.95. The first-order chi connectivity index (χ1) is 8.20. The van der Waals surface area contributed by atoms with Crippen molar-refractivity contribution in [3.05, 3.63) is 29.0 Å². The largest absolute Gasteiger partial charge is 0.387 e. The molecule has 0 saturated carbocycles. The first kappa shape index (κ1) is 12.3. The lowest BCUT2D eigenvalue weighted by Gasteiger charge is -2.31. The smallest absolute Gasteiger partial charge is 0.248 e. The molecule has 2 rings (SSSR count). The molecular formula is C12H15ClN2O2. The van der Waals surface area contributed by atoms with Crippen molar-refractivity contribution in [2.75, 3.05) is 19.7 Å². The third-order valence-electron chi connectivity index (χ3n) is 3.15. The summed E-state index contributed by atoms with van der Waals surface area (Å²) in [5, 5.41) is 9.42. The zero-order chi connectivity index (χ0) is 12.3. The van der Waals surface area contributed by atoms with E-state index in [2.05, 4.69) is 4.98 Å². The third kappa shape index (κ3) is 2.96. The van der Waals surface area contributed by atoms with Gasteiger partial charge in [0.15, 0.2) is 0 Å². The van der Waals surface area contributed by atoms with E-state index in [1.54, 1.807) is 11.1 Å². The molecule has 5 heteroatoms. The molecule has 0 unspecified atom stereocenters. The van der Waals surface area contributed by atoms with E-state index in [1.165, 1.54) is 0 Å². The quantitative estimate of drug-likeness (QED) is 0.869. The average Bonchev–Trinajstić information content (AvgIpc) is 2.39. The summed E-state index contributed by atoms with van der Waals surface area (Å²) < 4.78 is 0. The highest BCUT2D eigenvalue weighted by molar-refractivity contribution is 6.30. The zero-order valence-corrected chi connectivity index (χ0v) is 10.2. The predicted octanol–water partition coefficient (Wildman–Crippen LogP) is 1.43. The van der Waals surface area contributed by atoms with E-state index in [0.29, 0.717) is 24.0 Å². The standard InChI is InChI=1S/C12H15ClN2O2/c13-10-1-2-11(14-7-10)9-3-5-15(6-4-9)12(17)8-16/h1-2,7,9,16H,3-6,8H2. The fourth-order valence-corrected chi connectivity index (χ4v) is 2.27. The molecule has 1 amide bonds. The van der Waals surface area contributed by atoms with Gasteiger partial charge in [0, 0.05) is 30.9 Å². The summed E-state index contributed by atoms with van der Waals surface area (Å²) in [6, 6.07) is 3.78. The van der Waals surface area contributed by atoms with Gasteiger partial charge < -0.3 is 10.0 Å². The molecule has 1 aromatic heterocycles. The Hall–Kier alpha value is -1.13. The summed E-state index contributed by atoms with van der Waals surface area (Å²) in [5.74, 6) is 0.197. The van der Waals surface area contributed by atoms with E-state index in [9.17, 15) is 4.79 Å². The Morgan fingerprint density at radius 3 is 2.71 bits per heavy atom. The highest BCUT2D eigenvalue weighted by atomic mass is 35.5. The third-order valence-corrected chi connectivity index (χ3v) is 3.38. The minimum absolute atomic E-state index is 0.187. The Kier molecular flexibility index (Phi) is 3.97. The van der Waals surface area contributed by atoms with Gasteiger partial charge in [-0.1, -0.05) is 11.6 Å². The van der Waals surface area contributed by atoms with E-state index < -0.39 is 6.61 Å². The van der Waals surface area contributed by atoms with Crippen LogP contribution in [0.5, 0.6) is 0 Å². The van der Waals surface area contributed by atoms with Crippen LogP contribution in [0, 0.1) is 0 Å². The highest BCUT2D eigenvalue weighted by Crippen LogP contribution is 2.27. The second kappa shape index (κ2) is 5.47. The lowest BCUT2D eigenvalue weighted by Crippen LogP contribution is -2.39. The number of hydrogen-bond donors (Lipinski definition) is 1. The molecule has 17 heavy (non-hydrogen) atoms. The van der Waals surface area contributed by atoms with Gasteiger partial charge in [0.2, 0.25) is 5.91 Å². The number of aliphatic hydroxyl groups is 1. The molecule has 4 nitrogen and oxygen atoms in total. The molecule has 1 fully saturated rings. The number of carbonyl (C=O) groups is 1. The summed E-state index contributed by atoms with van der Waals surface area (Å²) in [6.07, 6.45) is 3.43. The van der Waals surface area contributed by atoms with Crippen molar-refractivity contribution >= 4 is 17.5 Å². The van der Waals surface area contributed by atoms with Gasteiger partial charge in [0.05, 0.1) is 5.02 Å². The molecule has 92 valence electrons. The number of aliphatic hydroxyl groups excluding tert-OH is 1. The van der Waals surface area contributed by atoms with Crippen LogP contribution in [0.3, 0.4) is 0 Å². The van der Waals surface area contributed by atoms with E-state index in [0.717, 1.165) is 18.5 Å². The van der Waals surface area contributed by atoms with Gasteiger partial charge in [0.25, 0.3) is 0 Å². The number of aromatic nitrogens is 1. The average molecular weight is 255 g/mol. The number of halogens is 1. The number of piperidine rings is 1. The van der Waals surface area contributed by atoms with Gasteiger partial charge in [-0.05, 0) is 25.0 Å². The van der Waals surface area contributed by atoms with Crippen molar-refractivity contribution < 1.29 is 9.90 Å². The minimum atomic E-state index is -0.399. The number of hydrogen-bond acceptors (Lipinski definition) is 3. The van der Waals surface area contributed by atoms with Gasteiger partial charge >= 0.3 is 0 Å². The van der Waals surface area contributed by atoms with Crippen LogP contribution in [0.25, 0.3) is 0 Å². The summed E-state index contributed by atoms with van der Waals surface area (Å²) in [5.41, 5.74) is 1.03. The van der Waals surface area contributed by atoms with Crippen LogP contribution in [-0.4, -0.2) is 40.6 Å². The molecule has 0 bridgehead atoms. The zero-order valence-electron chi connectivity index (χ0n) is 9.47. The number of pyridine rings is 1. The predicted molar refractivity (Wildman–Crippen MR) is 64.9 cm³/mol. The molecule has 1 N–H and O–H groups in total. The number of likely N-dealkylation sites (tertiary alicyclic amines) is 1. The van der Waals surface area contributed by atoms with E-state index in [4.69, 9.17) is 16.7 Å². The van der Waals surface area contributed by atoms with Crippen molar-refractivity contribution in [2.45, 2.75) is 18.8 Å². The number of nitrogens with zero attached hydrogens (tertiary/aromatic N) is 2. The number of amides is 1. The molecule has 0 aliphatic carbocycles. The maximum atomic E-state index is 11.3. The molecule has 0 aromatic carbocycles. The van der Waals surface area contributed by atoms with Crippen LogP contribution in [0.4, 0.5) is 0 Å². The van der Waals surface area contributed by atoms with Gasteiger partial charge in [0.1, 0.15) is 6.61 Å². The van der Waals surface area contributed by atoms with Gasteiger partial charge in [-0.3, -0.25) is 9.78 Å². The highest BCUT2D eigenvalue weighted by Gasteiger charge is 2.23. The normalized spacial score (nSPS) is 17.2. The van der Waals surface area contributed by atoms with Crippen LogP contribution in [0.2, 0.25) is 5.02 Å². The van der Waals surface area contributed by atoms with E-state index in [1.807, 2.05) is 12.1 Å². The van der Waals surface area contributed by atoms with Crippen LogP contribution in [0.15, 0.2) is 18.3 Å². The van der Waals surface area contributed by atoms with Crippen molar-refractivity contribution in [3.63, 3.8) is 0 Å². The second-order valence-corrected chi connectivity index (χ2v) is 4.65. The lowest BCUT2D eigenvalue weighted by molar-refractivity contribution is -0.135. The molecule has 1 aliphatic heterocycles. The first-order valence-electron chi connectivity index (χ1n) is 5.71. The van der Waals surface area contributed by atoms with Crippen LogP contribution >= 0.6 is 11.6 Å². The maximum absolute atomic E-state index is 11.3. The van der Waals surface area contributed by atoms with Crippen LogP contribution < -0.4 is 0 Å². The van der Waals surface area contributed by atoms with Crippen LogP contribution in [0.1, 0.15) is 24.5 Å². The molecule has 1 aromatic rings. The SMILES string of the molecule is O=C(CO)N1CCC(c2ccc(Cl)cn2)CC1. The van der Waals surface area contributed by atoms with Crippen LogP contribution in [-0.2, 0) is 4.79 Å². The summed E-state index contributed by atoms with van der Waals surface area (Å²) >= 11 is 5.79. The van der Waals surface area contributed by atoms with E-state index >= 15 is 0 Å². The van der Waals surface area contributed by atoms with Gasteiger partial charge in [-0.15, -0.1) is 0 Å². The molecule has 0 spiro atoms. The lowest BCUT2D eigenvalue weighted by atomic mass is 9.93. The number of carbonyl (C=O) groups excluding carboxylic acids is 1. The molecule has 2 heterocycles. The Labute approximate surface area is 105 Å². The Morgan fingerprint density at radius 1 is 1.47 bits per heavy atom. The molecule has 1 saturated heterocycles. The Morgan fingerprint density at radius 2 is 2.18 bits per heavy atom. The molecule has 0 radical (unpaired) electrons. The van der Waals surface area contributed by atoms with Crippen molar-refractivity contribution in [3.8, 4) is 0 Å². The fraction of sp³-hybridized carbons (Fsp3) is 0.500. The molecular weight excluding hydrogens is 240 g/mol. The van der Waals surface area contributed by atoms with Crippen molar-refractivity contribution in [2.24, 2.45) is 0 Å². The Bertz CT molecular complexity index is 386. The molecule has 0 atom stereocenters. The topological polar surface area (TPSA) is 53.4 Å². The monoisotopic (exact) mass is 254 g/mol. The summed E-state index contributed by atoms with van der Waals surface area (Å²) in [4.78, 5) is 17.3. The number of rotatable bonds is 2. The summed E-state index contributed by atoms with van der Waals surface area (Å²) in [7, 11) is 0. The minimum Gasteiger partial charge on any atom is -0.387 e.